The van der Waals surface area contributed by atoms with Gasteiger partial charge in [0.05, 0.1) is 18.9 Å². The molecule has 0 aromatic carbocycles. The quantitative estimate of drug-likeness (QED) is 0.784. The maximum absolute atomic E-state index is 9.26. The molecule has 2 rings (SSSR count). The number of hydrogen-bond acceptors (Lipinski definition) is 5. The molecule has 2 heterocycles. The topological polar surface area (TPSA) is 77.0 Å². The van der Waals surface area contributed by atoms with Crippen LogP contribution in [-0.2, 0) is 6.42 Å². The van der Waals surface area contributed by atoms with Crippen molar-refractivity contribution < 1.29 is 9.52 Å². The van der Waals surface area contributed by atoms with Crippen molar-refractivity contribution in [3.8, 4) is 0 Å². The molecule has 80 valence electrons. The van der Waals surface area contributed by atoms with Crippen LogP contribution in [0.4, 0.5) is 0 Å². The Labute approximate surface area is 86.5 Å². The monoisotopic (exact) mass is 208 g/mol. The summed E-state index contributed by atoms with van der Waals surface area (Å²) in [5.41, 5.74) is 0. The highest BCUT2D eigenvalue weighted by molar-refractivity contribution is 5.00. The van der Waals surface area contributed by atoms with Gasteiger partial charge in [-0.2, -0.15) is 0 Å². The number of aliphatic hydroxyl groups is 1. The van der Waals surface area contributed by atoms with Crippen LogP contribution in [0.15, 0.2) is 22.8 Å². The smallest absolute Gasteiger partial charge is 0.148 e. The molecule has 1 N–H and O–H groups in total. The summed E-state index contributed by atoms with van der Waals surface area (Å²) in [6, 6.07) is 3.50. The first kappa shape index (κ1) is 9.85. The minimum Gasteiger partial charge on any atom is -0.469 e. The zero-order valence-electron chi connectivity index (χ0n) is 8.37. The molecular weight excluding hydrogens is 196 g/mol. The summed E-state index contributed by atoms with van der Waals surface area (Å²) in [6.45, 7) is 1.78. The summed E-state index contributed by atoms with van der Waals surface area (Å²) in [5, 5.41) is 20.4. The number of nitrogens with zero attached hydrogens (tertiary/aromatic N) is 4. The standard InChI is InChI=1S/C9H12N4O2/c1-7-10-11-12-13(7)8(6-14)5-9-3-2-4-15-9/h2-4,8,14H,5-6H2,1H3. The van der Waals surface area contributed by atoms with E-state index in [-0.39, 0.29) is 12.6 Å². The summed E-state index contributed by atoms with van der Waals surface area (Å²) in [5.74, 6) is 1.49. The van der Waals surface area contributed by atoms with E-state index < -0.39 is 0 Å². The third-order valence-electron chi connectivity index (χ3n) is 2.23. The fourth-order valence-electron chi connectivity index (χ4n) is 1.46. The van der Waals surface area contributed by atoms with Crippen LogP contribution < -0.4 is 0 Å². The molecule has 0 saturated carbocycles. The second-order valence-electron chi connectivity index (χ2n) is 3.29. The van der Waals surface area contributed by atoms with Gasteiger partial charge >= 0.3 is 0 Å². The van der Waals surface area contributed by atoms with E-state index in [0.29, 0.717) is 12.2 Å². The third kappa shape index (κ3) is 2.04. The molecule has 0 radical (unpaired) electrons. The van der Waals surface area contributed by atoms with Gasteiger partial charge in [0, 0.05) is 6.42 Å². The van der Waals surface area contributed by atoms with Gasteiger partial charge in [0.15, 0.2) is 0 Å². The zero-order chi connectivity index (χ0) is 10.7. The second-order valence-corrected chi connectivity index (χ2v) is 3.29. The highest BCUT2D eigenvalue weighted by Crippen LogP contribution is 2.13. The average Bonchev–Trinajstić information content (AvgIpc) is 2.85. The van der Waals surface area contributed by atoms with E-state index in [9.17, 15) is 5.11 Å². The lowest BCUT2D eigenvalue weighted by Gasteiger charge is -2.12. The van der Waals surface area contributed by atoms with Crippen LogP contribution in [0.2, 0.25) is 0 Å². The lowest BCUT2D eigenvalue weighted by atomic mass is 10.2. The van der Waals surface area contributed by atoms with Crippen LogP contribution in [-0.4, -0.2) is 31.9 Å². The number of hydrogen-bond donors (Lipinski definition) is 1. The lowest BCUT2D eigenvalue weighted by molar-refractivity contribution is 0.208. The highest BCUT2D eigenvalue weighted by Gasteiger charge is 2.15. The van der Waals surface area contributed by atoms with E-state index in [4.69, 9.17) is 4.42 Å². The van der Waals surface area contributed by atoms with Gasteiger partial charge in [-0.1, -0.05) is 0 Å². The van der Waals surface area contributed by atoms with Crippen molar-refractivity contribution in [3.05, 3.63) is 30.0 Å². The average molecular weight is 208 g/mol. The van der Waals surface area contributed by atoms with Gasteiger partial charge in [-0.15, -0.1) is 5.10 Å². The molecular formula is C9H12N4O2. The maximum Gasteiger partial charge on any atom is 0.148 e. The fraction of sp³-hybridized carbons (Fsp3) is 0.444. The van der Waals surface area contributed by atoms with E-state index >= 15 is 0 Å². The van der Waals surface area contributed by atoms with E-state index in [1.54, 1.807) is 17.9 Å². The van der Waals surface area contributed by atoms with Crippen molar-refractivity contribution in [2.24, 2.45) is 0 Å². The first-order chi connectivity index (χ1) is 7.31. The molecule has 0 saturated heterocycles. The van der Waals surface area contributed by atoms with Crippen LogP contribution in [0.5, 0.6) is 0 Å². The second kappa shape index (κ2) is 4.22. The summed E-state index contributed by atoms with van der Waals surface area (Å²) in [6.07, 6.45) is 2.19. The lowest BCUT2D eigenvalue weighted by Crippen LogP contribution is -2.18. The van der Waals surface area contributed by atoms with E-state index in [1.807, 2.05) is 12.1 Å². The Balaban J connectivity index is 2.15. The van der Waals surface area contributed by atoms with Gasteiger partial charge in [0.1, 0.15) is 11.6 Å². The number of furan rings is 1. The van der Waals surface area contributed by atoms with Crippen molar-refractivity contribution in [1.29, 1.82) is 0 Å². The number of tetrazole rings is 1. The molecule has 0 aliphatic rings. The molecule has 0 spiro atoms. The molecule has 0 amide bonds. The zero-order valence-corrected chi connectivity index (χ0v) is 8.37. The van der Waals surface area contributed by atoms with Crippen LogP contribution >= 0.6 is 0 Å². The van der Waals surface area contributed by atoms with Gasteiger partial charge in [-0.25, -0.2) is 4.68 Å². The van der Waals surface area contributed by atoms with E-state index in [1.165, 1.54) is 0 Å². The predicted molar refractivity (Wildman–Crippen MR) is 51.1 cm³/mol. The molecule has 15 heavy (non-hydrogen) atoms. The van der Waals surface area contributed by atoms with Gasteiger partial charge in [0.25, 0.3) is 0 Å². The normalized spacial score (nSPS) is 12.9. The fourth-order valence-corrected chi connectivity index (χ4v) is 1.46. The van der Waals surface area contributed by atoms with E-state index in [0.717, 1.165) is 5.76 Å². The first-order valence-corrected chi connectivity index (χ1v) is 4.69. The number of aryl methyl sites for hydroxylation is 1. The molecule has 0 fully saturated rings. The minimum absolute atomic E-state index is 0.0212. The molecule has 6 nitrogen and oxygen atoms in total. The molecule has 0 aliphatic heterocycles. The summed E-state index contributed by atoms with van der Waals surface area (Å²) in [7, 11) is 0. The van der Waals surface area contributed by atoms with Crippen LogP contribution in [0.25, 0.3) is 0 Å². The Morgan fingerprint density at radius 3 is 3.00 bits per heavy atom. The van der Waals surface area contributed by atoms with Gasteiger partial charge in [0.2, 0.25) is 0 Å². The van der Waals surface area contributed by atoms with Crippen molar-refractivity contribution >= 4 is 0 Å². The molecule has 0 aliphatic carbocycles. The largest absolute Gasteiger partial charge is 0.469 e. The Kier molecular flexibility index (Phi) is 2.77. The van der Waals surface area contributed by atoms with Crippen LogP contribution in [0, 0.1) is 6.92 Å². The SMILES string of the molecule is Cc1nnnn1C(CO)Cc1ccco1. The van der Waals surface area contributed by atoms with Gasteiger partial charge < -0.3 is 9.52 Å². The molecule has 2 aromatic heterocycles. The van der Waals surface area contributed by atoms with Crippen LogP contribution in [0.1, 0.15) is 17.6 Å². The molecule has 0 bridgehead atoms. The Hall–Kier alpha value is -1.69. The Bertz CT molecular complexity index is 409. The summed E-state index contributed by atoms with van der Waals surface area (Å²) >= 11 is 0. The van der Waals surface area contributed by atoms with Gasteiger partial charge in [-0.05, 0) is 29.5 Å². The number of aromatic nitrogens is 4. The molecule has 1 atom stereocenters. The Morgan fingerprint density at radius 2 is 2.47 bits per heavy atom. The number of rotatable bonds is 4. The highest BCUT2D eigenvalue weighted by atomic mass is 16.3. The minimum atomic E-state index is -0.175. The Morgan fingerprint density at radius 1 is 1.60 bits per heavy atom. The third-order valence-corrected chi connectivity index (χ3v) is 2.23. The summed E-state index contributed by atoms with van der Waals surface area (Å²) < 4.78 is 6.81. The van der Waals surface area contributed by atoms with Crippen molar-refractivity contribution in [2.75, 3.05) is 6.61 Å². The molecule has 2 aromatic rings. The van der Waals surface area contributed by atoms with E-state index in [2.05, 4.69) is 15.5 Å². The number of aliphatic hydroxyl groups excluding tert-OH is 1. The van der Waals surface area contributed by atoms with Crippen molar-refractivity contribution in [2.45, 2.75) is 19.4 Å². The molecule has 1 unspecified atom stereocenters. The summed E-state index contributed by atoms with van der Waals surface area (Å²) in [4.78, 5) is 0. The predicted octanol–water partition coefficient (Wildman–Crippen LogP) is 0.351. The van der Waals surface area contributed by atoms with Crippen LogP contribution in [0.3, 0.4) is 0 Å². The molecule has 6 heteroatoms. The first-order valence-electron chi connectivity index (χ1n) is 4.69. The maximum atomic E-state index is 9.26. The van der Waals surface area contributed by atoms with Crippen molar-refractivity contribution in [3.63, 3.8) is 0 Å². The van der Waals surface area contributed by atoms with Crippen molar-refractivity contribution in [1.82, 2.24) is 20.2 Å². The van der Waals surface area contributed by atoms with Gasteiger partial charge in [-0.3, -0.25) is 0 Å².